The Hall–Kier alpha value is 0.428. The number of rotatable bonds is 11. The highest BCUT2D eigenvalue weighted by molar-refractivity contribution is 6.80. The summed E-state index contributed by atoms with van der Waals surface area (Å²) in [7, 11) is -14.4. The van der Waals surface area contributed by atoms with E-state index >= 15 is 0 Å². The highest BCUT2D eigenvalue weighted by atomic mass is 28.5. The number of nitrogens with two attached hydrogens (primary N) is 1. The third-order valence-electron chi connectivity index (χ3n) is 2.24. The SMILES string of the molecule is CO[Si](CCCN)(OC)O[Si](O)(O[Si](C)(O)O)O[Si](C)(O)O. The molecule has 22 heavy (non-hydrogen) atoms. The molecule has 0 aliphatic carbocycles. The maximum Gasteiger partial charge on any atom is 0.654 e. The Morgan fingerprint density at radius 2 is 1.23 bits per heavy atom. The first-order chi connectivity index (χ1) is 9.80. The molecule has 0 rings (SSSR count). The Bertz CT molecular complexity index is 314. The van der Waals surface area contributed by atoms with Crippen LogP contribution in [-0.2, 0) is 21.2 Å². The van der Waals surface area contributed by atoms with Gasteiger partial charge in [-0.25, -0.2) is 0 Å². The second-order valence-electron chi connectivity index (χ2n) is 4.68. The van der Waals surface area contributed by atoms with E-state index in [1.54, 1.807) is 0 Å². The van der Waals surface area contributed by atoms with Gasteiger partial charge in [-0.2, -0.15) is 0 Å². The van der Waals surface area contributed by atoms with Gasteiger partial charge in [0.1, 0.15) is 0 Å². The second-order valence-corrected chi connectivity index (χ2v) is 14.6. The Morgan fingerprint density at radius 1 is 0.818 bits per heavy atom. The molecule has 0 spiro atoms. The summed E-state index contributed by atoms with van der Waals surface area (Å²) >= 11 is 0. The van der Waals surface area contributed by atoms with Gasteiger partial charge in [0.05, 0.1) is 0 Å². The molecule has 0 aromatic heterocycles. The van der Waals surface area contributed by atoms with E-state index in [0.29, 0.717) is 13.0 Å². The molecule has 0 unspecified atom stereocenters. The molecule has 15 heteroatoms. The third kappa shape index (κ3) is 8.90. The Morgan fingerprint density at radius 3 is 1.50 bits per heavy atom. The van der Waals surface area contributed by atoms with Crippen molar-refractivity contribution in [2.45, 2.75) is 25.6 Å². The standard InChI is InChI=1S/C7H25NO10Si4/c1-14-21(15-2,7-5-6-8)18-22(13,16-19(3,9)10)17-20(4,11)12/h9-13H,5-8H2,1-4H3. The van der Waals surface area contributed by atoms with Crippen LogP contribution >= 0.6 is 0 Å². The van der Waals surface area contributed by atoms with Crippen molar-refractivity contribution in [3.8, 4) is 0 Å². The van der Waals surface area contributed by atoms with E-state index in [1.807, 2.05) is 0 Å². The van der Waals surface area contributed by atoms with Gasteiger partial charge in [0.2, 0.25) is 0 Å². The minimum absolute atomic E-state index is 0.183. The summed E-state index contributed by atoms with van der Waals surface area (Å²) in [6.07, 6.45) is 0.429. The van der Waals surface area contributed by atoms with Crippen molar-refractivity contribution in [1.29, 1.82) is 0 Å². The molecule has 7 N–H and O–H groups in total. The molecule has 0 aromatic carbocycles. The lowest BCUT2D eigenvalue weighted by Gasteiger charge is -2.36. The first-order valence-electron chi connectivity index (χ1n) is 6.33. The molecule has 0 aliphatic heterocycles. The van der Waals surface area contributed by atoms with Crippen LogP contribution in [0.25, 0.3) is 0 Å². The molecule has 134 valence electrons. The van der Waals surface area contributed by atoms with Crippen LogP contribution in [0.4, 0.5) is 0 Å². The second kappa shape index (κ2) is 8.50. The zero-order chi connectivity index (χ0) is 17.7. The average molecular weight is 396 g/mol. The lowest BCUT2D eigenvalue weighted by molar-refractivity contribution is 0.0364. The van der Waals surface area contributed by atoms with Gasteiger partial charge >= 0.3 is 35.5 Å². The number of hydrogen-bond donors (Lipinski definition) is 6. The topological polar surface area (TPSA) is 173 Å². The molecule has 0 radical (unpaired) electrons. The summed E-state index contributed by atoms with van der Waals surface area (Å²) in [6.45, 7) is 2.15. The van der Waals surface area contributed by atoms with Crippen LogP contribution in [0.15, 0.2) is 0 Å². The molecular formula is C7H25NO10Si4. The van der Waals surface area contributed by atoms with Gasteiger partial charge in [-0.05, 0) is 13.0 Å². The van der Waals surface area contributed by atoms with Gasteiger partial charge < -0.3 is 50.9 Å². The van der Waals surface area contributed by atoms with Gasteiger partial charge in [-0.15, -0.1) is 0 Å². The van der Waals surface area contributed by atoms with Crippen LogP contribution in [0.5, 0.6) is 0 Å². The molecule has 0 saturated heterocycles. The fourth-order valence-electron chi connectivity index (χ4n) is 1.49. The Kier molecular flexibility index (Phi) is 8.67. The van der Waals surface area contributed by atoms with Crippen LogP contribution in [-0.4, -0.2) is 80.2 Å². The lowest BCUT2D eigenvalue weighted by Crippen LogP contribution is -2.65. The Balaban J connectivity index is 5.38. The van der Waals surface area contributed by atoms with Crippen molar-refractivity contribution in [3.05, 3.63) is 0 Å². The lowest BCUT2D eigenvalue weighted by atomic mass is 10.5. The van der Waals surface area contributed by atoms with Gasteiger partial charge in [0, 0.05) is 33.4 Å². The summed E-state index contributed by atoms with van der Waals surface area (Å²) in [4.78, 5) is 48.0. The summed E-state index contributed by atoms with van der Waals surface area (Å²) in [5, 5.41) is 0. The molecule has 0 amide bonds. The molecular weight excluding hydrogens is 370 g/mol. The molecule has 0 fully saturated rings. The van der Waals surface area contributed by atoms with E-state index in [0.717, 1.165) is 13.1 Å². The van der Waals surface area contributed by atoms with E-state index in [1.165, 1.54) is 14.2 Å². The molecule has 0 aliphatic rings. The van der Waals surface area contributed by atoms with Crippen molar-refractivity contribution < 1.29 is 45.2 Å². The van der Waals surface area contributed by atoms with Gasteiger partial charge in [-0.3, -0.25) is 0 Å². The zero-order valence-corrected chi connectivity index (χ0v) is 17.0. The monoisotopic (exact) mass is 395 g/mol. The van der Waals surface area contributed by atoms with E-state index < -0.39 is 35.5 Å². The van der Waals surface area contributed by atoms with Gasteiger partial charge in [-0.1, -0.05) is 0 Å². The number of hydrogen-bond acceptors (Lipinski definition) is 11. The summed E-state index contributed by atoms with van der Waals surface area (Å²) in [5.41, 5.74) is 5.41. The van der Waals surface area contributed by atoms with E-state index in [9.17, 15) is 24.0 Å². The van der Waals surface area contributed by atoms with Crippen LogP contribution in [0.1, 0.15) is 6.42 Å². The highest BCUT2D eigenvalue weighted by Crippen LogP contribution is 2.24. The largest absolute Gasteiger partial charge is 0.654 e. The van der Waals surface area contributed by atoms with Crippen molar-refractivity contribution in [3.63, 3.8) is 0 Å². The highest BCUT2D eigenvalue weighted by Gasteiger charge is 2.59. The summed E-state index contributed by atoms with van der Waals surface area (Å²) < 4.78 is 25.0. The molecule has 0 aromatic rings. The summed E-state index contributed by atoms with van der Waals surface area (Å²) in [5.74, 6) is 0. The van der Waals surface area contributed by atoms with Crippen LogP contribution in [0.3, 0.4) is 0 Å². The van der Waals surface area contributed by atoms with E-state index in [2.05, 4.69) is 0 Å². The minimum Gasteiger partial charge on any atom is -0.390 e. The molecule has 0 bridgehead atoms. The predicted molar refractivity (Wildman–Crippen MR) is 81.6 cm³/mol. The van der Waals surface area contributed by atoms with Crippen molar-refractivity contribution >= 4 is 35.5 Å². The molecule has 0 atom stereocenters. The maximum absolute atomic E-state index is 10.3. The first-order valence-corrected chi connectivity index (χ1v) is 14.5. The quantitative estimate of drug-likeness (QED) is 0.199. The normalized spacial score (nSPS) is 14.5. The van der Waals surface area contributed by atoms with Crippen LogP contribution in [0, 0.1) is 0 Å². The Labute approximate surface area is 133 Å². The molecule has 0 saturated carbocycles. The first kappa shape index (κ1) is 22.4. The van der Waals surface area contributed by atoms with Crippen molar-refractivity contribution in [2.24, 2.45) is 5.73 Å². The fourth-order valence-corrected chi connectivity index (χ4v) is 10.9. The van der Waals surface area contributed by atoms with Gasteiger partial charge in [0.15, 0.2) is 0 Å². The van der Waals surface area contributed by atoms with E-state index in [4.69, 9.17) is 26.9 Å². The van der Waals surface area contributed by atoms with Crippen molar-refractivity contribution in [2.75, 3.05) is 20.8 Å². The predicted octanol–water partition coefficient (Wildman–Crippen LogP) is -2.85. The van der Waals surface area contributed by atoms with Crippen LogP contribution in [0.2, 0.25) is 19.1 Å². The third-order valence-corrected chi connectivity index (χ3v) is 11.9. The minimum atomic E-state index is -4.85. The van der Waals surface area contributed by atoms with Crippen LogP contribution < -0.4 is 5.73 Å². The molecule has 0 heterocycles. The average Bonchev–Trinajstić information content (AvgIpc) is 2.29. The summed E-state index contributed by atoms with van der Waals surface area (Å²) in [6, 6.07) is 0.183. The molecule has 11 nitrogen and oxygen atoms in total. The van der Waals surface area contributed by atoms with E-state index in [-0.39, 0.29) is 6.04 Å². The van der Waals surface area contributed by atoms with Gasteiger partial charge in [0.25, 0.3) is 0 Å². The zero-order valence-electron chi connectivity index (χ0n) is 13.0. The smallest absolute Gasteiger partial charge is 0.390 e. The fraction of sp³-hybridized carbons (Fsp3) is 1.00. The van der Waals surface area contributed by atoms with Crippen molar-refractivity contribution in [1.82, 2.24) is 0 Å². The maximum atomic E-state index is 10.3.